The Balaban J connectivity index is 1.92. The smallest absolute Gasteiger partial charge is 0.363 e. The number of hydrogen-bond acceptors (Lipinski definition) is 6. The Hall–Kier alpha value is -3.41. The first kappa shape index (κ1) is 16.4. The molecular formula is C19H15NO5. The van der Waals surface area contributed by atoms with Crippen LogP contribution in [-0.2, 0) is 14.3 Å². The lowest BCUT2D eigenvalue weighted by atomic mass is 10.1. The third-order valence-electron chi connectivity index (χ3n) is 3.42. The van der Waals surface area contributed by atoms with Crippen molar-refractivity contribution in [2.24, 2.45) is 4.99 Å². The maximum Gasteiger partial charge on any atom is 0.363 e. The molecule has 0 bridgehead atoms. The minimum absolute atomic E-state index is 0.130. The van der Waals surface area contributed by atoms with Gasteiger partial charge in [0.2, 0.25) is 5.90 Å². The molecule has 0 amide bonds. The summed E-state index contributed by atoms with van der Waals surface area (Å²) in [6.07, 6.45) is 1.52. The van der Waals surface area contributed by atoms with Crippen LogP contribution in [0, 0.1) is 0 Å². The molecule has 0 atom stereocenters. The summed E-state index contributed by atoms with van der Waals surface area (Å²) in [5.41, 5.74) is 1.35. The van der Waals surface area contributed by atoms with Crippen LogP contribution in [0.1, 0.15) is 18.1 Å². The largest absolute Gasteiger partial charge is 0.497 e. The van der Waals surface area contributed by atoms with Crippen molar-refractivity contribution in [3.05, 3.63) is 65.4 Å². The van der Waals surface area contributed by atoms with E-state index in [0.717, 1.165) is 0 Å². The maximum atomic E-state index is 12.1. The molecule has 1 aliphatic rings. The molecule has 3 rings (SSSR count). The Morgan fingerprint density at radius 3 is 2.52 bits per heavy atom. The molecule has 126 valence electrons. The summed E-state index contributed by atoms with van der Waals surface area (Å²) < 4.78 is 15.4. The zero-order valence-electron chi connectivity index (χ0n) is 13.7. The van der Waals surface area contributed by atoms with E-state index in [9.17, 15) is 9.59 Å². The normalized spacial score (nSPS) is 14.9. The summed E-state index contributed by atoms with van der Waals surface area (Å²) in [5, 5.41) is 0. The standard InChI is InChI=1S/C19H15NO5/c1-12(21)24-17-6-4-3-5-14(17)11-16-19(22)25-18(20-16)13-7-9-15(23-2)10-8-13/h3-11H,1-2H3/b16-11-. The van der Waals surface area contributed by atoms with Crippen molar-refractivity contribution in [1.29, 1.82) is 0 Å². The van der Waals surface area contributed by atoms with E-state index in [-0.39, 0.29) is 11.6 Å². The van der Waals surface area contributed by atoms with E-state index in [1.54, 1.807) is 55.6 Å². The van der Waals surface area contributed by atoms with Gasteiger partial charge in [0.25, 0.3) is 0 Å². The van der Waals surface area contributed by atoms with E-state index in [4.69, 9.17) is 14.2 Å². The van der Waals surface area contributed by atoms with E-state index in [2.05, 4.69) is 4.99 Å². The molecule has 0 radical (unpaired) electrons. The van der Waals surface area contributed by atoms with Gasteiger partial charge in [0, 0.05) is 18.1 Å². The van der Waals surface area contributed by atoms with Crippen molar-refractivity contribution in [2.45, 2.75) is 6.92 Å². The number of aliphatic imine (C=N–C) groups is 1. The lowest BCUT2D eigenvalue weighted by molar-refractivity contribution is -0.132. The summed E-state index contributed by atoms with van der Waals surface area (Å²) in [5.74, 6) is 0.248. The van der Waals surface area contributed by atoms with Crippen LogP contribution in [0.4, 0.5) is 0 Å². The predicted molar refractivity (Wildman–Crippen MR) is 91.4 cm³/mol. The van der Waals surface area contributed by atoms with Crippen LogP contribution in [-0.4, -0.2) is 24.9 Å². The molecule has 0 fully saturated rings. The monoisotopic (exact) mass is 337 g/mol. The van der Waals surface area contributed by atoms with E-state index in [1.165, 1.54) is 13.0 Å². The van der Waals surface area contributed by atoms with Crippen LogP contribution in [0.15, 0.2) is 59.2 Å². The number of para-hydroxylation sites is 1. The fourth-order valence-corrected chi connectivity index (χ4v) is 2.26. The zero-order chi connectivity index (χ0) is 17.8. The predicted octanol–water partition coefficient (Wildman–Crippen LogP) is 2.97. The summed E-state index contributed by atoms with van der Waals surface area (Å²) >= 11 is 0. The van der Waals surface area contributed by atoms with E-state index in [0.29, 0.717) is 22.6 Å². The number of methoxy groups -OCH3 is 1. The highest BCUT2D eigenvalue weighted by Gasteiger charge is 2.24. The van der Waals surface area contributed by atoms with Crippen LogP contribution >= 0.6 is 0 Å². The molecule has 0 spiro atoms. The van der Waals surface area contributed by atoms with Crippen molar-refractivity contribution < 1.29 is 23.8 Å². The van der Waals surface area contributed by atoms with Gasteiger partial charge in [-0.25, -0.2) is 9.79 Å². The van der Waals surface area contributed by atoms with Gasteiger partial charge in [0.1, 0.15) is 11.5 Å². The highest BCUT2D eigenvalue weighted by Crippen LogP contribution is 2.25. The molecular weight excluding hydrogens is 322 g/mol. The van der Waals surface area contributed by atoms with Gasteiger partial charge < -0.3 is 14.2 Å². The maximum absolute atomic E-state index is 12.1. The Kier molecular flexibility index (Phi) is 4.61. The Labute approximate surface area is 144 Å². The Morgan fingerprint density at radius 1 is 1.12 bits per heavy atom. The summed E-state index contributed by atoms with van der Waals surface area (Å²) in [6, 6.07) is 13.9. The number of carbonyl (C=O) groups is 2. The molecule has 6 nitrogen and oxygen atoms in total. The van der Waals surface area contributed by atoms with Crippen molar-refractivity contribution in [1.82, 2.24) is 0 Å². The van der Waals surface area contributed by atoms with Gasteiger partial charge in [-0.15, -0.1) is 0 Å². The first-order valence-corrected chi connectivity index (χ1v) is 7.51. The van der Waals surface area contributed by atoms with Crippen molar-refractivity contribution in [3.63, 3.8) is 0 Å². The highest BCUT2D eigenvalue weighted by molar-refractivity contribution is 6.13. The van der Waals surface area contributed by atoms with Gasteiger partial charge in [-0.05, 0) is 36.4 Å². The number of carbonyl (C=O) groups excluding carboxylic acids is 2. The molecule has 25 heavy (non-hydrogen) atoms. The molecule has 0 aromatic heterocycles. The summed E-state index contributed by atoms with van der Waals surface area (Å²) in [4.78, 5) is 27.5. The summed E-state index contributed by atoms with van der Waals surface area (Å²) in [6.45, 7) is 1.31. The average Bonchev–Trinajstić information content (AvgIpc) is 2.97. The van der Waals surface area contributed by atoms with Gasteiger partial charge >= 0.3 is 11.9 Å². The van der Waals surface area contributed by atoms with Crippen molar-refractivity contribution in [3.8, 4) is 11.5 Å². The lowest BCUT2D eigenvalue weighted by Crippen LogP contribution is -2.05. The van der Waals surface area contributed by atoms with E-state index >= 15 is 0 Å². The van der Waals surface area contributed by atoms with Crippen molar-refractivity contribution in [2.75, 3.05) is 7.11 Å². The quantitative estimate of drug-likeness (QED) is 0.487. The molecule has 1 aliphatic heterocycles. The minimum atomic E-state index is -0.566. The van der Waals surface area contributed by atoms with Crippen LogP contribution in [0.25, 0.3) is 6.08 Å². The molecule has 0 unspecified atom stereocenters. The Morgan fingerprint density at radius 2 is 1.84 bits per heavy atom. The molecule has 6 heteroatoms. The first-order chi connectivity index (χ1) is 12.1. The van der Waals surface area contributed by atoms with E-state index < -0.39 is 11.9 Å². The van der Waals surface area contributed by atoms with Crippen LogP contribution in [0.2, 0.25) is 0 Å². The molecule has 0 N–H and O–H groups in total. The molecule has 1 heterocycles. The van der Waals surface area contributed by atoms with Gasteiger partial charge in [-0.3, -0.25) is 4.79 Å². The second-order valence-corrected chi connectivity index (χ2v) is 5.20. The first-order valence-electron chi connectivity index (χ1n) is 7.51. The van der Waals surface area contributed by atoms with Crippen molar-refractivity contribution >= 4 is 23.9 Å². The topological polar surface area (TPSA) is 74.2 Å². The zero-order valence-corrected chi connectivity index (χ0v) is 13.7. The highest BCUT2D eigenvalue weighted by atomic mass is 16.6. The van der Waals surface area contributed by atoms with Gasteiger partial charge in [0.15, 0.2) is 5.70 Å². The molecule has 2 aromatic carbocycles. The average molecular weight is 337 g/mol. The fourth-order valence-electron chi connectivity index (χ4n) is 2.26. The second kappa shape index (κ2) is 7.00. The number of rotatable bonds is 4. The van der Waals surface area contributed by atoms with E-state index in [1.807, 2.05) is 0 Å². The lowest BCUT2D eigenvalue weighted by Gasteiger charge is -2.04. The molecule has 2 aromatic rings. The number of nitrogens with zero attached hydrogens (tertiary/aromatic N) is 1. The van der Waals surface area contributed by atoms with Gasteiger partial charge in [-0.1, -0.05) is 18.2 Å². The molecule has 0 saturated carbocycles. The number of benzene rings is 2. The second-order valence-electron chi connectivity index (χ2n) is 5.20. The third-order valence-corrected chi connectivity index (χ3v) is 3.42. The third kappa shape index (κ3) is 3.74. The van der Waals surface area contributed by atoms with Crippen LogP contribution in [0.5, 0.6) is 11.5 Å². The van der Waals surface area contributed by atoms with Gasteiger partial charge in [-0.2, -0.15) is 0 Å². The molecule has 0 saturated heterocycles. The molecule has 0 aliphatic carbocycles. The number of esters is 2. The van der Waals surface area contributed by atoms with Crippen LogP contribution in [0.3, 0.4) is 0 Å². The van der Waals surface area contributed by atoms with Gasteiger partial charge in [0.05, 0.1) is 7.11 Å². The van der Waals surface area contributed by atoms with Crippen LogP contribution < -0.4 is 9.47 Å². The minimum Gasteiger partial charge on any atom is -0.497 e. The Bertz CT molecular complexity index is 881. The number of hydrogen-bond donors (Lipinski definition) is 0. The fraction of sp³-hybridized carbons (Fsp3) is 0.105. The number of ether oxygens (including phenoxy) is 3. The SMILES string of the molecule is COc1ccc(C2=N/C(=C\c3ccccc3OC(C)=O)C(=O)O2)cc1. The number of cyclic esters (lactones) is 1. The summed E-state index contributed by atoms with van der Waals surface area (Å²) in [7, 11) is 1.57.